The van der Waals surface area contributed by atoms with E-state index in [1.54, 1.807) is 4.57 Å². The monoisotopic (exact) mass is 439 g/mol. The lowest BCUT2D eigenvalue weighted by Crippen LogP contribution is -2.32. The van der Waals surface area contributed by atoms with Crippen LogP contribution < -0.4 is 10.0 Å². The Labute approximate surface area is 164 Å². The fraction of sp³-hybridized carbons (Fsp3) is 0.400. The van der Waals surface area contributed by atoms with Gasteiger partial charge in [-0.25, -0.2) is 14.7 Å². The SMILES string of the molecule is CC(C)n1cnc(S(=O)(=O)NC(=O)CCNc2ncc(C(F)(F)F)cc2Cl)c1. The minimum atomic E-state index is -4.58. The van der Waals surface area contributed by atoms with Crippen LogP contribution in [0.15, 0.2) is 29.8 Å². The lowest BCUT2D eigenvalue weighted by Gasteiger charge is -2.10. The normalized spacial score (nSPS) is 12.2. The van der Waals surface area contributed by atoms with Crippen molar-refractivity contribution in [1.82, 2.24) is 19.3 Å². The van der Waals surface area contributed by atoms with Gasteiger partial charge >= 0.3 is 6.18 Å². The van der Waals surface area contributed by atoms with E-state index in [9.17, 15) is 26.4 Å². The van der Waals surface area contributed by atoms with Crippen LogP contribution in [0.1, 0.15) is 31.9 Å². The van der Waals surface area contributed by atoms with Crippen LogP contribution in [0.5, 0.6) is 0 Å². The molecular weight excluding hydrogens is 423 g/mol. The Hall–Kier alpha value is -2.34. The summed E-state index contributed by atoms with van der Waals surface area (Å²) in [6.07, 6.45) is -1.63. The van der Waals surface area contributed by atoms with E-state index in [4.69, 9.17) is 11.6 Å². The van der Waals surface area contributed by atoms with Gasteiger partial charge in [0.25, 0.3) is 10.0 Å². The zero-order valence-electron chi connectivity index (χ0n) is 14.8. The Morgan fingerprint density at radius 1 is 1.32 bits per heavy atom. The first-order chi connectivity index (χ1) is 12.9. The topological polar surface area (TPSA) is 106 Å². The van der Waals surface area contributed by atoms with Crippen LogP contribution in [-0.2, 0) is 21.0 Å². The number of hydrogen-bond donors (Lipinski definition) is 2. The molecule has 0 spiro atoms. The van der Waals surface area contributed by atoms with Crippen molar-refractivity contribution in [3.8, 4) is 0 Å². The van der Waals surface area contributed by atoms with Gasteiger partial charge in [-0.05, 0) is 19.9 Å². The maximum atomic E-state index is 12.6. The van der Waals surface area contributed by atoms with Gasteiger partial charge in [0.05, 0.1) is 16.9 Å². The van der Waals surface area contributed by atoms with Gasteiger partial charge in [0, 0.05) is 31.4 Å². The van der Waals surface area contributed by atoms with E-state index in [0.717, 1.165) is 0 Å². The molecule has 2 heterocycles. The number of alkyl halides is 3. The summed E-state index contributed by atoms with van der Waals surface area (Å²) in [5.41, 5.74) is -1.01. The van der Waals surface area contributed by atoms with Gasteiger partial charge in [0.2, 0.25) is 5.91 Å². The van der Waals surface area contributed by atoms with Crippen LogP contribution >= 0.6 is 11.6 Å². The summed E-state index contributed by atoms with van der Waals surface area (Å²) in [6, 6.07) is 0.698. The van der Waals surface area contributed by atoms with Crippen molar-refractivity contribution >= 4 is 33.3 Å². The molecular formula is C15H17ClF3N5O3S. The zero-order chi connectivity index (χ0) is 21.1. The van der Waals surface area contributed by atoms with Crippen LogP contribution in [0.3, 0.4) is 0 Å². The number of nitrogens with zero attached hydrogens (tertiary/aromatic N) is 3. The van der Waals surface area contributed by atoms with Gasteiger partial charge in [-0.15, -0.1) is 0 Å². The van der Waals surface area contributed by atoms with Crippen molar-refractivity contribution in [3.05, 3.63) is 35.4 Å². The smallest absolute Gasteiger partial charge is 0.368 e. The zero-order valence-corrected chi connectivity index (χ0v) is 16.4. The second-order valence-corrected chi connectivity index (χ2v) is 8.05. The second kappa shape index (κ2) is 8.35. The predicted octanol–water partition coefficient (Wildman–Crippen LogP) is 2.84. The van der Waals surface area contributed by atoms with Crippen LogP contribution in [0.2, 0.25) is 5.02 Å². The molecule has 2 aromatic rings. The minimum Gasteiger partial charge on any atom is -0.368 e. The van der Waals surface area contributed by atoms with Crippen molar-refractivity contribution in [3.63, 3.8) is 0 Å². The molecule has 0 saturated carbocycles. The largest absolute Gasteiger partial charge is 0.417 e. The summed E-state index contributed by atoms with van der Waals surface area (Å²) >= 11 is 5.73. The second-order valence-electron chi connectivity index (χ2n) is 6.01. The van der Waals surface area contributed by atoms with Crippen molar-refractivity contribution < 1.29 is 26.4 Å². The summed E-state index contributed by atoms with van der Waals surface area (Å²) in [4.78, 5) is 19.2. The highest BCUT2D eigenvalue weighted by Gasteiger charge is 2.31. The molecule has 0 aromatic carbocycles. The van der Waals surface area contributed by atoms with Crippen LogP contribution in [0, 0.1) is 0 Å². The number of imidazole rings is 1. The first kappa shape index (κ1) is 22.0. The number of carbonyl (C=O) groups excluding carboxylic acids is 1. The number of aromatic nitrogens is 3. The number of halogens is 4. The Kier molecular flexibility index (Phi) is 6.55. The van der Waals surface area contributed by atoms with Crippen LogP contribution in [0.25, 0.3) is 0 Å². The van der Waals surface area contributed by atoms with Crippen molar-refractivity contribution in [1.29, 1.82) is 0 Å². The highest BCUT2D eigenvalue weighted by atomic mass is 35.5. The summed E-state index contributed by atoms with van der Waals surface area (Å²) < 4.78 is 65.4. The van der Waals surface area contributed by atoms with E-state index >= 15 is 0 Å². The highest BCUT2D eigenvalue weighted by Crippen LogP contribution is 2.32. The number of pyridine rings is 1. The molecule has 154 valence electrons. The fourth-order valence-corrected chi connectivity index (χ4v) is 3.20. The van der Waals surface area contributed by atoms with Crippen LogP contribution in [0.4, 0.5) is 19.0 Å². The molecule has 0 aliphatic carbocycles. The lowest BCUT2D eigenvalue weighted by molar-refractivity contribution is -0.137. The maximum absolute atomic E-state index is 12.6. The number of rotatable bonds is 7. The molecule has 13 heteroatoms. The van der Waals surface area contributed by atoms with E-state index in [0.29, 0.717) is 12.3 Å². The van der Waals surface area contributed by atoms with Gasteiger partial charge in [-0.3, -0.25) is 4.79 Å². The first-order valence-corrected chi connectivity index (χ1v) is 9.82. The minimum absolute atomic E-state index is 0.00247. The number of anilines is 1. The summed E-state index contributed by atoms with van der Waals surface area (Å²) in [5, 5.41) is 2.01. The van der Waals surface area contributed by atoms with Gasteiger partial charge in [-0.1, -0.05) is 11.6 Å². The molecule has 2 aromatic heterocycles. The Balaban J connectivity index is 1.92. The summed E-state index contributed by atoms with van der Waals surface area (Å²) in [5.74, 6) is -0.879. The van der Waals surface area contributed by atoms with Gasteiger partial charge in [0.1, 0.15) is 5.82 Å². The van der Waals surface area contributed by atoms with E-state index < -0.39 is 27.7 Å². The third kappa shape index (κ3) is 5.58. The van der Waals surface area contributed by atoms with Gasteiger partial charge in [0.15, 0.2) is 5.03 Å². The van der Waals surface area contributed by atoms with Crippen molar-refractivity contribution in [2.45, 2.75) is 37.5 Å². The van der Waals surface area contributed by atoms with Gasteiger partial charge in [-0.2, -0.15) is 21.6 Å². The Morgan fingerprint density at radius 3 is 2.54 bits per heavy atom. The average molecular weight is 440 g/mol. The quantitative estimate of drug-likeness (QED) is 0.687. The molecule has 0 atom stereocenters. The van der Waals surface area contributed by atoms with E-state index in [2.05, 4.69) is 15.3 Å². The van der Waals surface area contributed by atoms with Gasteiger partial charge < -0.3 is 9.88 Å². The van der Waals surface area contributed by atoms with E-state index in [1.807, 2.05) is 18.6 Å². The lowest BCUT2D eigenvalue weighted by atomic mass is 10.2. The Bertz CT molecular complexity index is 960. The maximum Gasteiger partial charge on any atom is 0.417 e. The predicted molar refractivity (Wildman–Crippen MR) is 95.3 cm³/mol. The molecule has 2 N–H and O–H groups in total. The molecule has 1 amide bonds. The number of hydrogen-bond acceptors (Lipinski definition) is 6. The average Bonchev–Trinajstić information content (AvgIpc) is 3.06. The molecule has 0 unspecified atom stereocenters. The molecule has 2 rings (SSSR count). The molecule has 0 aliphatic heterocycles. The van der Waals surface area contributed by atoms with E-state index in [1.165, 1.54) is 12.5 Å². The van der Waals surface area contributed by atoms with Crippen molar-refractivity contribution in [2.24, 2.45) is 0 Å². The van der Waals surface area contributed by atoms with Crippen molar-refractivity contribution in [2.75, 3.05) is 11.9 Å². The number of amides is 1. The molecule has 0 bridgehead atoms. The molecule has 0 aliphatic rings. The third-order valence-corrected chi connectivity index (χ3v) is 5.06. The Morgan fingerprint density at radius 2 is 2.00 bits per heavy atom. The molecule has 0 saturated heterocycles. The number of sulfonamides is 1. The van der Waals surface area contributed by atoms with E-state index in [-0.39, 0.29) is 34.9 Å². The third-order valence-electron chi connectivity index (χ3n) is 3.51. The van der Waals surface area contributed by atoms with Crippen LogP contribution in [-0.4, -0.2) is 35.4 Å². The summed E-state index contributed by atoms with van der Waals surface area (Å²) in [6.45, 7) is 3.57. The fourth-order valence-electron chi connectivity index (χ4n) is 2.01. The molecule has 0 fully saturated rings. The number of nitrogens with one attached hydrogen (secondary N) is 2. The molecule has 0 radical (unpaired) electrons. The molecule has 8 nitrogen and oxygen atoms in total. The first-order valence-electron chi connectivity index (χ1n) is 7.96. The number of carbonyl (C=O) groups is 1. The molecule has 28 heavy (non-hydrogen) atoms. The standard InChI is InChI=1S/C15H17ClF3N5O3S/c1-9(2)24-7-13(22-8-24)28(26,27)23-12(25)3-4-20-14-11(16)5-10(6-21-14)15(17,18)19/h5-9H,3-4H2,1-2H3,(H,20,21)(H,23,25). The highest BCUT2D eigenvalue weighted by molar-refractivity contribution is 7.90. The summed E-state index contributed by atoms with van der Waals surface area (Å²) in [7, 11) is -4.12.